The summed E-state index contributed by atoms with van der Waals surface area (Å²) in [5, 5.41) is 9.86. The van der Waals surface area contributed by atoms with Crippen LogP contribution in [0.25, 0.3) is 11.3 Å². The minimum atomic E-state index is -0.0267. The van der Waals surface area contributed by atoms with Crippen molar-refractivity contribution in [1.29, 1.82) is 0 Å². The Bertz CT molecular complexity index is 849. The second-order valence-corrected chi connectivity index (χ2v) is 6.23. The van der Waals surface area contributed by atoms with Gasteiger partial charge in [-0.3, -0.25) is 9.89 Å². The Morgan fingerprint density at radius 3 is 2.81 bits per heavy atom. The van der Waals surface area contributed by atoms with Gasteiger partial charge in [0.1, 0.15) is 11.5 Å². The molecule has 0 saturated carbocycles. The number of furan rings is 1. The Hall–Kier alpha value is -2.86. The Morgan fingerprint density at radius 1 is 1.23 bits per heavy atom. The zero-order valence-electron chi connectivity index (χ0n) is 15.0. The smallest absolute Gasteiger partial charge is 0.220 e. The van der Waals surface area contributed by atoms with Crippen LogP contribution < -0.4 is 5.32 Å². The minimum Gasteiger partial charge on any atom is -0.461 e. The Balaban J connectivity index is 1.46. The maximum Gasteiger partial charge on any atom is 0.220 e. The van der Waals surface area contributed by atoms with Crippen LogP contribution in [0.3, 0.4) is 0 Å². The lowest BCUT2D eigenvalue weighted by Crippen LogP contribution is -2.23. The molecule has 1 aromatic carbocycles. The van der Waals surface area contributed by atoms with Gasteiger partial charge in [-0.2, -0.15) is 5.10 Å². The van der Waals surface area contributed by atoms with Crippen LogP contribution in [0.15, 0.2) is 46.9 Å². The predicted molar refractivity (Wildman–Crippen MR) is 98.3 cm³/mol. The van der Waals surface area contributed by atoms with Crippen molar-refractivity contribution >= 4 is 5.91 Å². The van der Waals surface area contributed by atoms with E-state index < -0.39 is 0 Å². The number of aryl methyl sites for hydroxylation is 2. The van der Waals surface area contributed by atoms with Gasteiger partial charge in [-0.05, 0) is 25.1 Å². The van der Waals surface area contributed by atoms with E-state index in [2.05, 4.69) is 34.6 Å². The lowest BCUT2D eigenvalue weighted by Gasteiger charge is -2.02. The number of nitrogens with zero attached hydrogens (tertiary/aromatic N) is 1. The van der Waals surface area contributed by atoms with E-state index >= 15 is 0 Å². The number of carbonyl (C=O) groups is 1. The molecule has 0 spiro atoms. The summed E-state index contributed by atoms with van der Waals surface area (Å²) < 4.78 is 10.9. The van der Waals surface area contributed by atoms with E-state index in [0.29, 0.717) is 26.0 Å². The number of hydrogen-bond donors (Lipinski definition) is 2. The number of H-pyrrole nitrogens is 1. The standard InChI is InChI=1S/C20H23N3O3/c1-14-3-5-15(6-4-14)19-9-7-18(26-19)8-10-20(24)21-12-16-11-17(13-25-2)23-22-16/h3-7,9,11H,8,10,12-13H2,1-2H3,(H,21,24)(H,22,23). The average molecular weight is 353 g/mol. The molecule has 6 heteroatoms. The van der Waals surface area contributed by atoms with E-state index in [1.54, 1.807) is 7.11 Å². The number of carbonyl (C=O) groups excluding carboxylic acids is 1. The highest BCUT2D eigenvalue weighted by molar-refractivity contribution is 5.76. The van der Waals surface area contributed by atoms with Crippen LogP contribution in [0.5, 0.6) is 0 Å². The molecule has 0 fully saturated rings. The molecule has 0 saturated heterocycles. The molecule has 3 aromatic rings. The molecule has 0 aliphatic carbocycles. The zero-order valence-corrected chi connectivity index (χ0v) is 15.0. The highest BCUT2D eigenvalue weighted by Crippen LogP contribution is 2.23. The molecule has 6 nitrogen and oxygen atoms in total. The van der Waals surface area contributed by atoms with Gasteiger partial charge in [0.25, 0.3) is 0 Å². The second kappa shape index (κ2) is 8.49. The second-order valence-electron chi connectivity index (χ2n) is 6.23. The number of benzene rings is 1. The number of amides is 1. The van der Waals surface area contributed by atoms with E-state index in [9.17, 15) is 4.79 Å². The van der Waals surface area contributed by atoms with Crippen molar-refractivity contribution in [2.75, 3.05) is 7.11 Å². The number of nitrogens with one attached hydrogen (secondary N) is 2. The van der Waals surface area contributed by atoms with Gasteiger partial charge < -0.3 is 14.5 Å². The maximum absolute atomic E-state index is 12.0. The number of ether oxygens (including phenoxy) is 1. The molecule has 2 aromatic heterocycles. The summed E-state index contributed by atoms with van der Waals surface area (Å²) in [5.74, 6) is 1.60. The van der Waals surface area contributed by atoms with Gasteiger partial charge in [0.15, 0.2) is 0 Å². The molecule has 26 heavy (non-hydrogen) atoms. The molecule has 0 radical (unpaired) electrons. The van der Waals surface area contributed by atoms with Crippen LogP contribution in [0.1, 0.15) is 29.1 Å². The van der Waals surface area contributed by atoms with Crippen molar-refractivity contribution in [1.82, 2.24) is 15.5 Å². The fraction of sp³-hybridized carbons (Fsp3) is 0.300. The predicted octanol–water partition coefficient (Wildman–Crippen LogP) is 3.37. The van der Waals surface area contributed by atoms with Gasteiger partial charge in [0, 0.05) is 25.5 Å². The number of rotatable bonds is 8. The highest BCUT2D eigenvalue weighted by Gasteiger charge is 2.08. The summed E-state index contributed by atoms with van der Waals surface area (Å²) in [6.07, 6.45) is 0.940. The summed E-state index contributed by atoms with van der Waals surface area (Å²) >= 11 is 0. The number of hydrogen-bond acceptors (Lipinski definition) is 4. The first kappa shape index (κ1) is 17.9. The molecule has 136 valence electrons. The lowest BCUT2D eigenvalue weighted by atomic mass is 10.1. The quantitative estimate of drug-likeness (QED) is 0.651. The maximum atomic E-state index is 12.0. The normalized spacial score (nSPS) is 10.8. The largest absolute Gasteiger partial charge is 0.461 e. The average Bonchev–Trinajstić information content (AvgIpc) is 3.29. The van der Waals surface area contributed by atoms with Crippen LogP contribution in [0.2, 0.25) is 0 Å². The van der Waals surface area contributed by atoms with Gasteiger partial charge in [-0.25, -0.2) is 0 Å². The SMILES string of the molecule is COCc1cc(CNC(=O)CCc2ccc(-c3ccc(C)cc3)o2)[nH]n1. The van der Waals surface area contributed by atoms with Gasteiger partial charge in [-0.15, -0.1) is 0 Å². The minimum absolute atomic E-state index is 0.0267. The van der Waals surface area contributed by atoms with E-state index in [4.69, 9.17) is 9.15 Å². The van der Waals surface area contributed by atoms with Gasteiger partial charge >= 0.3 is 0 Å². The first-order valence-corrected chi connectivity index (χ1v) is 8.58. The molecule has 2 heterocycles. The molecule has 3 rings (SSSR count). The first-order valence-electron chi connectivity index (χ1n) is 8.58. The van der Waals surface area contributed by atoms with E-state index in [1.807, 2.05) is 30.3 Å². The number of aromatic amines is 1. The highest BCUT2D eigenvalue weighted by atomic mass is 16.5. The van der Waals surface area contributed by atoms with Gasteiger partial charge in [0.05, 0.1) is 24.5 Å². The van der Waals surface area contributed by atoms with Crippen molar-refractivity contribution in [3.05, 3.63) is 65.2 Å². The summed E-state index contributed by atoms with van der Waals surface area (Å²) in [5.41, 5.74) is 3.92. The monoisotopic (exact) mass is 353 g/mol. The summed E-state index contributed by atoms with van der Waals surface area (Å²) in [6, 6.07) is 13.9. The fourth-order valence-corrected chi connectivity index (χ4v) is 2.63. The third-order valence-electron chi connectivity index (χ3n) is 4.05. The fourth-order valence-electron chi connectivity index (χ4n) is 2.63. The van der Waals surface area contributed by atoms with Crippen LogP contribution in [0, 0.1) is 6.92 Å². The Labute approximate surface area is 152 Å². The molecule has 0 atom stereocenters. The van der Waals surface area contributed by atoms with Crippen LogP contribution in [0.4, 0.5) is 0 Å². The number of aromatic nitrogens is 2. The molecule has 0 aliphatic rings. The van der Waals surface area contributed by atoms with Crippen LogP contribution >= 0.6 is 0 Å². The molecule has 1 amide bonds. The first-order chi connectivity index (χ1) is 12.6. The number of methoxy groups -OCH3 is 1. The molecular weight excluding hydrogens is 330 g/mol. The van der Waals surface area contributed by atoms with Crippen LogP contribution in [-0.4, -0.2) is 23.2 Å². The molecular formula is C20H23N3O3. The lowest BCUT2D eigenvalue weighted by molar-refractivity contribution is -0.121. The molecule has 0 unspecified atom stereocenters. The van der Waals surface area contributed by atoms with Crippen molar-refractivity contribution in [3.63, 3.8) is 0 Å². The van der Waals surface area contributed by atoms with Crippen molar-refractivity contribution in [3.8, 4) is 11.3 Å². The van der Waals surface area contributed by atoms with Crippen molar-refractivity contribution in [2.24, 2.45) is 0 Å². The molecule has 2 N–H and O–H groups in total. The van der Waals surface area contributed by atoms with E-state index in [1.165, 1.54) is 5.56 Å². The molecule has 0 bridgehead atoms. The zero-order chi connectivity index (χ0) is 18.4. The van der Waals surface area contributed by atoms with Crippen molar-refractivity contribution in [2.45, 2.75) is 32.9 Å². The summed E-state index contributed by atoms with van der Waals surface area (Å²) in [7, 11) is 1.62. The Kier molecular flexibility index (Phi) is 5.86. The van der Waals surface area contributed by atoms with Crippen molar-refractivity contribution < 1.29 is 13.9 Å². The molecule has 0 aliphatic heterocycles. The Morgan fingerprint density at radius 2 is 2.04 bits per heavy atom. The third-order valence-corrected chi connectivity index (χ3v) is 4.05. The topological polar surface area (TPSA) is 80.1 Å². The van der Waals surface area contributed by atoms with E-state index in [-0.39, 0.29) is 5.91 Å². The van der Waals surface area contributed by atoms with Gasteiger partial charge in [0.2, 0.25) is 5.91 Å². The third kappa shape index (κ3) is 4.83. The van der Waals surface area contributed by atoms with Gasteiger partial charge in [-0.1, -0.05) is 29.8 Å². The summed E-state index contributed by atoms with van der Waals surface area (Å²) in [6.45, 7) is 2.92. The van der Waals surface area contributed by atoms with Crippen LogP contribution in [-0.2, 0) is 29.1 Å². The summed E-state index contributed by atoms with van der Waals surface area (Å²) in [4.78, 5) is 12.0. The van der Waals surface area contributed by atoms with E-state index in [0.717, 1.165) is 28.5 Å².